The average molecular weight is 580 g/mol. The first-order valence-corrected chi connectivity index (χ1v) is 13.8. The quantitative estimate of drug-likeness (QED) is 0.129. The van der Waals surface area contributed by atoms with Crippen LogP contribution in [-0.4, -0.2) is 71.8 Å². The Morgan fingerprint density at radius 2 is 1.76 bits per heavy atom. The van der Waals surface area contributed by atoms with Gasteiger partial charge < -0.3 is 40.7 Å². The van der Waals surface area contributed by atoms with E-state index in [0.29, 0.717) is 35.8 Å². The molecule has 3 amide bonds. The van der Waals surface area contributed by atoms with Gasteiger partial charge in [0, 0.05) is 27.8 Å². The number of amidine groups is 1. The van der Waals surface area contributed by atoms with Gasteiger partial charge in [-0.3, -0.25) is 14.4 Å². The highest BCUT2D eigenvalue weighted by atomic mass is 32.1. The van der Waals surface area contributed by atoms with E-state index in [0.717, 1.165) is 4.88 Å². The molecule has 13 heteroatoms. The number of para-hydroxylation sites is 1. The number of carbonyl (C=O) groups excluding carboxylic acids is 3. The van der Waals surface area contributed by atoms with Crippen molar-refractivity contribution in [2.45, 2.75) is 24.8 Å². The molecule has 2 aromatic carbocycles. The van der Waals surface area contributed by atoms with E-state index < -0.39 is 23.6 Å². The van der Waals surface area contributed by atoms with E-state index in [1.54, 1.807) is 35.7 Å². The largest absolute Gasteiger partial charge is 0.457 e. The van der Waals surface area contributed by atoms with Crippen LogP contribution in [0.3, 0.4) is 0 Å². The van der Waals surface area contributed by atoms with Crippen LogP contribution in [0.5, 0.6) is 11.5 Å². The summed E-state index contributed by atoms with van der Waals surface area (Å²) in [5, 5.41) is 19.0. The van der Waals surface area contributed by atoms with Gasteiger partial charge in [0.2, 0.25) is 11.8 Å². The number of hydrogen-bond acceptors (Lipinski definition) is 9. The fraction of sp³-hybridized carbons (Fsp3) is 0.286. The molecular formula is C28H29N5O7S. The van der Waals surface area contributed by atoms with Gasteiger partial charge in [0.25, 0.3) is 5.91 Å². The normalized spacial score (nSPS) is 17.9. The number of likely N-dealkylation sites (tertiary alicyclic amines) is 1. The molecule has 1 aromatic heterocycles. The van der Waals surface area contributed by atoms with E-state index in [1.165, 1.54) is 16.2 Å². The fourth-order valence-electron chi connectivity index (χ4n) is 4.66. The van der Waals surface area contributed by atoms with Gasteiger partial charge in [0.05, 0.1) is 32.8 Å². The first-order valence-electron chi connectivity index (χ1n) is 12.9. The summed E-state index contributed by atoms with van der Waals surface area (Å²) < 4.78 is 17.3. The second-order valence-electron chi connectivity index (χ2n) is 9.48. The lowest BCUT2D eigenvalue weighted by molar-refractivity contribution is -0.152. The Morgan fingerprint density at radius 3 is 2.46 bits per heavy atom. The summed E-state index contributed by atoms with van der Waals surface area (Å²) in [6, 6.07) is 16.7. The van der Waals surface area contributed by atoms with Crippen LogP contribution in [0.1, 0.15) is 27.2 Å². The summed E-state index contributed by atoms with van der Waals surface area (Å²) in [4.78, 5) is 41.3. The molecule has 12 nitrogen and oxygen atoms in total. The minimum Gasteiger partial charge on any atom is -0.457 e. The van der Waals surface area contributed by atoms with Crippen molar-refractivity contribution >= 4 is 34.9 Å². The maximum absolute atomic E-state index is 13.2. The molecule has 0 saturated carbocycles. The molecule has 2 aliphatic rings. The average Bonchev–Trinajstić information content (AvgIpc) is 3.76. The van der Waals surface area contributed by atoms with Crippen molar-refractivity contribution in [1.29, 1.82) is 0 Å². The first kappa shape index (κ1) is 28.1. The van der Waals surface area contributed by atoms with Gasteiger partial charge in [-0.05, 0) is 42.5 Å². The summed E-state index contributed by atoms with van der Waals surface area (Å²) in [6.45, 7) is 0.676. The van der Waals surface area contributed by atoms with E-state index in [2.05, 4.69) is 15.8 Å². The molecule has 0 aliphatic carbocycles. The van der Waals surface area contributed by atoms with Crippen LogP contribution in [0.4, 0.5) is 0 Å². The molecule has 1 atom stereocenters. The van der Waals surface area contributed by atoms with E-state index in [-0.39, 0.29) is 37.8 Å². The summed E-state index contributed by atoms with van der Waals surface area (Å²) in [5.74, 6) is -1.10. The number of amides is 3. The van der Waals surface area contributed by atoms with Crippen LogP contribution in [0.15, 0.2) is 71.2 Å². The van der Waals surface area contributed by atoms with Gasteiger partial charge >= 0.3 is 0 Å². The lowest BCUT2D eigenvalue weighted by Crippen LogP contribution is -2.49. The van der Waals surface area contributed by atoms with Gasteiger partial charge in [-0.2, -0.15) is 0 Å². The van der Waals surface area contributed by atoms with E-state index >= 15 is 0 Å². The molecule has 3 aromatic rings. The van der Waals surface area contributed by atoms with E-state index in [9.17, 15) is 14.4 Å². The molecular weight excluding hydrogens is 550 g/mol. The first-order chi connectivity index (χ1) is 19.9. The number of hydrogen-bond donors (Lipinski definition) is 4. The smallest absolute Gasteiger partial charge is 0.251 e. The predicted molar refractivity (Wildman–Crippen MR) is 149 cm³/mol. The third-order valence-electron chi connectivity index (χ3n) is 6.72. The van der Waals surface area contributed by atoms with Crippen LogP contribution in [0.25, 0.3) is 0 Å². The van der Waals surface area contributed by atoms with Crippen molar-refractivity contribution in [3.63, 3.8) is 0 Å². The molecule has 41 heavy (non-hydrogen) atoms. The number of nitrogens with zero attached hydrogens (tertiary/aromatic N) is 2. The number of ether oxygens (including phenoxy) is 3. The lowest BCUT2D eigenvalue weighted by atomic mass is 10.1. The Balaban J connectivity index is 1.18. The summed E-state index contributed by atoms with van der Waals surface area (Å²) >= 11 is 1.34. The summed E-state index contributed by atoms with van der Waals surface area (Å²) in [7, 11) is 0. The highest BCUT2D eigenvalue weighted by Crippen LogP contribution is 2.35. The number of thiophene rings is 1. The highest BCUT2D eigenvalue weighted by Gasteiger charge is 2.52. The van der Waals surface area contributed by atoms with Gasteiger partial charge in [0.15, 0.2) is 11.6 Å². The van der Waals surface area contributed by atoms with E-state index in [4.69, 9.17) is 25.2 Å². The molecule has 0 radical (unpaired) electrons. The van der Waals surface area contributed by atoms with Crippen LogP contribution >= 0.6 is 11.3 Å². The number of oxime groups is 1. The molecule has 5 rings (SSSR count). The molecule has 2 aliphatic heterocycles. The standard InChI is InChI=1S/C28H29N5O7S/c29-25(32-37)19-12-22(41-16-19)14-30-27(36)23-13-28(38-10-11-39-28)17-33(23)24(34)15-31-26(35)18-6-8-21(9-7-18)40-20-4-2-1-3-5-20/h1-9,12,16,23,37H,10-11,13-15,17H2,(H2,29,32)(H,30,36)(H,31,35)/t23-/m0/s1. The zero-order valence-corrected chi connectivity index (χ0v) is 22.8. The summed E-state index contributed by atoms with van der Waals surface area (Å²) in [5.41, 5.74) is 6.51. The van der Waals surface area contributed by atoms with Crippen molar-refractivity contribution in [3.8, 4) is 11.5 Å². The molecule has 1 spiro atoms. The van der Waals surface area contributed by atoms with Crippen LogP contribution in [-0.2, 0) is 25.6 Å². The Morgan fingerprint density at radius 1 is 1.05 bits per heavy atom. The maximum Gasteiger partial charge on any atom is 0.251 e. The zero-order chi connectivity index (χ0) is 28.8. The molecule has 2 fully saturated rings. The van der Waals surface area contributed by atoms with Crippen molar-refractivity contribution in [1.82, 2.24) is 15.5 Å². The predicted octanol–water partition coefficient (Wildman–Crippen LogP) is 2.03. The fourth-order valence-corrected chi connectivity index (χ4v) is 5.47. The second kappa shape index (κ2) is 12.4. The minimum atomic E-state index is -1.06. The minimum absolute atomic E-state index is 0.0256. The van der Waals surface area contributed by atoms with Crippen molar-refractivity contribution in [2.75, 3.05) is 26.3 Å². The number of benzene rings is 2. The van der Waals surface area contributed by atoms with Gasteiger partial charge in [0.1, 0.15) is 17.5 Å². The van der Waals surface area contributed by atoms with Crippen LogP contribution in [0, 0.1) is 0 Å². The third-order valence-corrected chi connectivity index (χ3v) is 7.65. The third kappa shape index (κ3) is 6.65. The number of carbonyl (C=O) groups is 3. The zero-order valence-electron chi connectivity index (χ0n) is 21.9. The van der Waals surface area contributed by atoms with Crippen molar-refractivity contribution in [3.05, 3.63) is 82.0 Å². The monoisotopic (exact) mass is 579 g/mol. The SMILES string of the molecule is N/C(=N\O)c1csc(CNC(=O)[C@@H]2CC3(CN2C(=O)CNC(=O)c2ccc(Oc4ccccc4)cc2)OCCO3)c1. The van der Waals surface area contributed by atoms with Crippen LogP contribution < -0.4 is 21.1 Å². The van der Waals surface area contributed by atoms with Crippen LogP contribution in [0.2, 0.25) is 0 Å². The number of nitrogens with one attached hydrogen (secondary N) is 2. The van der Waals surface area contributed by atoms with Gasteiger partial charge in [-0.1, -0.05) is 23.4 Å². The highest BCUT2D eigenvalue weighted by molar-refractivity contribution is 7.10. The molecule has 0 unspecified atom stereocenters. The Bertz CT molecular complexity index is 1420. The molecule has 214 valence electrons. The Labute approximate surface area is 239 Å². The number of nitrogens with two attached hydrogens (primary N) is 1. The molecule has 5 N–H and O–H groups in total. The summed E-state index contributed by atoms with van der Waals surface area (Å²) in [6.07, 6.45) is 0.168. The van der Waals surface area contributed by atoms with Crippen molar-refractivity contribution < 1.29 is 33.8 Å². The van der Waals surface area contributed by atoms with Gasteiger partial charge in [-0.15, -0.1) is 11.3 Å². The maximum atomic E-state index is 13.2. The Kier molecular flexibility index (Phi) is 8.47. The Hall–Kier alpha value is -4.46. The van der Waals surface area contributed by atoms with Crippen molar-refractivity contribution in [2.24, 2.45) is 10.9 Å². The molecule has 2 saturated heterocycles. The molecule has 0 bridgehead atoms. The van der Waals surface area contributed by atoms with Gasteiger partial charge in [-0.25, -0.2) is 0 Å². The lowest BCUT2D eigenvalue weighted by Gasteiger charge is -2.24. The molecule has 3 heterocycles. The topological polar surface area (TPSA) is 165 Å². The van der Waals surface area contributed by atoms with E-state index in [1.807, 2.05) is 30.3 Å². The second-order valence-corrected chi connectivity index (χ2v) is 10.5. The number of rotatable bonds is 9.